The van der Waals surface area contributed by atoms with Crippen molar-refractivity contribution in [2.75, 3.05) is 24.4 Å². The summed E-state index contributed by atoms with van der Waals surface area (Å²) in [6.07, 6.45) is -7.16. The number of nitrogens with one attached hydrogen (secondary N) is 2. The van der Waals surface area contributed by atoms with Gasteiger partial charge in [-0.15, -0.1) is 0 Å². The van der Waals surface area contributed by atoms with Crippen molar-refractivity contribution >= 4 is 53.0 Å². The molecule has 3 aliphatic heterocycles. The highest BCUT2D eigenvalue weighted by Crippen LogP contribution is 2.49. The fourth-order valence-corrected chi connectivity index (χ4v) is 7.13. The van der Waals surface area contributed by atoms with Crippen molar-refractivity contribution in [1.82, 2.24) is 5.32 Å². The van der Waals surface area contributed by atoms with Crippen LogP contribution in [0.15, 0.2) is 54.1 Å². The smallest absolute Gasteiger partial charge is 0.418 e. The number of methoxy groups -OCH3 is 1. The maximum Gasteiger partial charge on any atom is 0.418 e. The number of carbonyl (C=O) groups is 4. The fraction of sp³-hybridized carbons (Fsp3) is 0.444. The van der Waals surface area contributed by atoms with Crippen molar-refractivity contribution < 1.29 is 61.3 Å². The number of non-ortho nitro benzene ring substituents is 1. The molecule has 5 rings (SSSR count). The number of alkyl halides is 3. The molecule has 0 aliphatic carbocycles. The quantitative estimate of drug-likeness (QED) is 0.137. The third kappa shape index (κ3) is 8.77. The average molecular weight is 795 g/mol. The zero-order valence-electron chi connectivity index (χ0n) is 30.1. The van der Waals surface area contributed by atoms with Crippen LogP contribution >= 0.6 is 11.6 Å². The Labute approximate surface area is 317 Å². The van der Waals surface area contributed by atoms with E-state index in [4.69, 9.17) is 30.5 Å². The van der Waals surface area contributed by atoms with Crippen LogP contribution in [-0.4, -0.2) is 84.3 Å². The van der Waals surface area contributed by atoms with Crippen LogP contribution in [-0.2, 0) is 36.3 Å². The molecule has 19 heteroatoms. The zero-order valence-corrected chi connectivity index (χ0v) is 30.9. The van der Waals surface area contributed by atoms with E-state index in [0.717, 1.165) is 16.5 Å². The lowest BCUT2D eigenvalue weighted by Crippen LogP contribution is -2.63. The van der Waals surface area contributed by atoms with Crippen LogP contribution in [0.2, 0.25) is 5.02 Å². The van der Waals surface area contributed by atoms with Gasteiger partial charge >= 0.3 is 18.4 Å². The number of aliphatic hydroxyl groups is 1. The van der Waals surface area contributed by atoms with Crippen LogP contribution in [0.5, 0.6) is 0 Å². The minimum absolute atomic E-state index is 0.0479. The predicted octanol–water partition coefficient (Wildman–Crippen LogP) is 6.10. The lowest BCUT2D eigenvalue weighted by atomic mass is 9.83. The van der Waals surface area contributed by atoms with Crippen LogP contribution in [0.3, 0.4) is 0 Å². The number of aldehydes is 1. The van der Waals surface area contributed by atoms with Gasteiger partial charge in [0.05, 0.1) is 39.4 Å². The molecule has 0 radical (unpaired) electrons. The average Bonchev–Trinajstić information content (AvgIpc) is 3.80. The van der Waals surface area contributed by atoms with Gasteiger partial charge < -0.3 is 29.0 Å². The predicted molar refractivity (Wildman–Crippen MR) is 190 cm³/mol. The van der Waals surface area contributed by atoms with Crippen molar-refractivity contribution in [3.05, 3.63) is 86.0 Å². The van der Waals surface area contributed by atoms with Crippen LogP contribution in [0.25, 0.3) is 0 Å². The number of amides is 3. The summed E-state index contributed by atoms with van der Waals surface area (Å²) in [5, 5.41) is 27.2. The molecule has 3 amide bonds. The molecule has 2 saturated heterocycles. The Balaban J connectivity index is 1.55. The number of hydrogen-bond donors (Lipinski definition) is 3. The van der Waals surface area contributed by atoms with E-state index in [0.29, 0.717) is 17.9 Å². The first-order valence-electron chi connectivity index (χ1n) is 16.8. The number of fused-ring (bicyclic) bond motifs is 5. The van der Waals surface area contributed by atoms with Gasteiger partial charge in [0, 0.05) is 44.2 Å². The lowest BCUT2D eigenvalue weighted by molar-refractivity contribution is -0.385. The van der Waals surface area contributed by atoms with Crippen molar-refractivity contribution in [2.24, 2.45) is 5.92 Å². The van der Waals surface area contributed by atoms with Crippen molar-refractivity contribution in [3.63, 3.8) is 0 Å². The van der Waals surface area contributed by atoms with Gasteiger partial charge in [0.25, 0.3) is 5.69 Å². The first kappa shape index (κ1) is 41.1. The summed E-state index contributed by atoms with van der Waals surface area (Å²) in [6, 6.07) is 4.85. The number of carbonyl (C=O) groups excluding carboxylic acids is 4. The van der Waals surface area contributed by atoms with Crippen molar-refractivity contribution in [3.8, 4) is 0 Å². The number of alkyl carbamates (subject to hydrolysis) is 1. The van der Waals surface area contributed by atoms with E-state index in [1.54, 1.807) is 38.1 Å². The van der Waals surface area contributed by atoms with Crippen LogP contribution in [0.1, 0.15) is 55.1 Å². The number of allylic oxidation sites excluding steroid dienone is 3. The summed E-state index contributed by atoms with van der Waals surface area (Å²) in [4.78, 5) is 63.4. The number of rotatable bonds is 5. The molecule has 2 aromatic rings. The van der Waals surface area contributed by atoms with Gasteiger partial charge in [-0.25, -0.2) is 9.59 Å². The summed E-state index contributed by atoms with van der Waals surface area (Å²) >= 11 is 6.56. The highest BCUT2D eigenvalue weighted by Gasteiger charge is 2.64. The van der Waals surface area contributed by atoms with Crippen LogP contribution in [0.4, 0.5) is 39.8 Å². The Morgan fingerprint density at radius 3 is 2.60 bits per heavy atom. The molecule has 0 spiro atoms. The number of anilines is 2. The SMILES string of the molecule is CO[C@@H]1/C=C/C=C(\C)Cc2cc(C=O)c(Cl)c(c2)N(C)C(=O)C[C@H](OC(=O)Nc2ccc([N+](=O)[O-])cc2C(F)(F)F)[C@]2(C)O[C@H]2[C@H](C)[C@@H]2C[C@@]1(O)NC(=O)O2. The second-order valence-corrected chi connectivity index (χ2v) is 14.2. The maximum atomic E-state index is 14.0. The first-order valence-corrected chi connectivity index (χ1v) is 17.2. The van der Waals surface area contributed by atoms with Gasteiger partial charge in [-0.1, -0.05) is 42.3 Å². The normalized spacial score (nSPS) is 30.1. The number of nitrogens with zero attached hydrogens (tertiary/aromatic N) is 2. The minimum atomic E-state index is -5.12. The summed E-state index contributed by atoms with van der Waals surface area (Å²) in [5.74, 6) is -1.44. The van der Waals surface area contributed by atoms with E-state index < -0.39 is 94.2 Å². The van der Waals surface area contributed by atoms with Crippen LogP contribution < -0.4 is 15.5 Å². The highest BCUT2D eigenvalue weighted by molar-refractivity contribution is 6.36. The lowest BCUT2D eigenvalue weighted by Gasteiger charge is -2.42. The van der Waals surface area contributed by atoms with Crippen molar-refractivity contribution in [2.45, 2.75) is 82.0 Å². The molecular weight excluding hydrogens is 757 g/mol. The molecule has 3 heterocycles. The molecule has 0 unspecified atom stereocenters. The number of ether oxygens (including phenoxy) is 4. The van der Waals surface area contributed by atoms with Gasteiger partial charge in [0.15, 0.2) is 12.0 Å². The second-order valence-electron chi connectivity index (χ2n) is 13.8. The monoisotopic (exact) mass is 794 g/mol. The largest absolute Gasteiger partial charge is 0.446 e. The molecule has 296 valence electrons. The zero-order chi connectivity index (χ0) is 40.6. The van der Waals surface area contributed by atoms with E-state index in [1.807, 2.05) is 5.32 Å². The number of epoxide rings is 1. The topological polar surface area (TPSA) is 199 Å². The Morgan fingerprint density at radius 1 is 1.25 bits per heavy atom. The Hall–Kier alpha value is -5.04. The molecule has 2 fully saturated rings. The van der Waals surface area contributed by atoms with E-state index in [2.05, 4.69) is 5.32 Å². The highest BCUT2D eigenvalue weighted by atomic mass is 35.5. The maximum absolute atomic E-state index is 14.0. The van der Waals surface area contributed by atoms with Gasteiger partial charge in [-0.3, -0.25) is 30.3 Å². The number of nitro benzene ring substituents is 1. The summed E-state index contributed by atoms with van der Waals surface area (Å²) in [6.45, 7) is 4.92. The minimum Gasteiger partial charge on any atom is -0.446 e. The van der Waals surface area contributed by atoms with Gasteiger partial charge in [0.1, 0.15) is 23.9 Å². The van der Waals surface area contributed by atoms with Gasteiger partial charge in [-0.05, 0) is 44.0 Å². The Kier molecular flexibility index (Phi) is 11.7. The first-order chi connectivity index (χ1) is 25.7. The molecule has 4 bridgehead atoms. The fourth-order valence-electron chi connectivity index (χ4n) is 6.85. The second kappa shape index (κ2) is 15.6. The van der Waals surface area contributed by atoms with Crippen LogP contribution in [0, 0.1) is 16.0 Å². The summed E-state index contributed by atoms with van der Waals surface area (Å²) in [7, 11) is 2.71. The summed E-state index contributed by atoms with van der Waals surface area (Å²) < 4.78 is 64.5. The number of hydrogen-bond acceptors (Lipinski definition) is 11. The molecule has 7 atom stereocenters. The Morgan fingerprint density at radius 2 is 1.96 bits per heavy atom. The van der Waals surface area contributed by atoms with E-state index in [1.165, 1.54) is 27.2 Å². The standard InChI is InChI=1S/C36H38ClF3N4O11/c1-18-7-6-8-27(52-5)35(49)16-26(53-33(48)42-35)19(2)31-34(3,55-31)28(15-29(46)43(4)25-13-20(11-18)12-21(17-45)30(25)37)54-32(47)41-24-10-9-22(44(50)51)14-23(24)36(38,39)40/h6-10,12-14,17,19,26-28,31,49H,11,15-16H2,1-5H3,(H,41,47)(H,42,48)/b8-6+,18-7+/t19-,26+,27-,28+,31+,34+,35+/m1/s1. The molecular formula is C36H38ClF3N4O11. The van der Waals surface area contributed by atoms with Gasteiger partial charge in [-0.2, -0.15) is 13.2 Å². The number of benzene rings is 2. The molecule has 55 heavy (non-hydrogen) atoms. The molecule has 15 nitrogen and oxygen atoms in total. The molecule has 3 aliphatic rings. The third-order valence-electron chi connectivity index (χ3n) is 9.92. The Bertz CT molecular complexity index is 1960. The summed E-state index contributed by atoms with van der Waals surface area (Å²) in [5.41, 5.74) is -5.15. The van der Waals surface area contributed by atoms with Gasteiger partial charge in [0.2, 0.25) is 5.91 Å². The van der Waals surface area contributed by atoms with E-state index in [9.17, 15) is 47.6 Å². The molecule has 0 aromatic heterocycles. The third-order valence-corrected chi connectivity index (χ3v) is 10.3. The van der Waals surface area contributed by atoms with E-state index in [-0.39, 0.29) is 35.2 Å². The number of nitro groups is 1. The molecule has 0 saturated carbocycles. The number of halogens is 4. The van der Waals surface area contributed by atoms with Crippen molar-refractivity contribution in [1.29, 1.82) is 0 Å². The van der Waals surface area contributed by atoms with E-state index >= 15 is 0 Å². The molecule has 2 aromatic carbocycles. The molecule has 3 N–H and O–H groups in total.